The Bertz CT molecular complexity index is 514. The Morgan fingerprint density at radius 2 is 2.06 bits per heavy atom. The minimum atomic E-state index is -1.27. The number of rotatable bonds is 3. The average Bonchev–Trinajstić information content (AvgIpc) is 2.21. The Balaban J connectivity index is 2.21. The summed E-state index contributed by atoms with van der Waals surface area (Å²) in [6.45, 7) is 0. The van der Waals surface area contributed by atoms with Gasteiger partial charge in [-0.25, -0.2) is 0 Å². The van der Waals surface area contributed by atoms with Gasteiger partial charge in [0.1, 0.15) is 5.41 Å². The fraction of sp³-hybridized carbons (Fsp3) is 0.333. The van der Waals surface area contributed by atoms with Crippen molar-refractivity contribution in [2.75, 3.05) is 5.32 Å². The Kier molecular flexibility index (Phi) is 3.82. The van der Waals surface area contributed by atoms with E-state index in [1.165, 1.54) is 0 Å². The fourth-order valence-electron chi connectivity index (χ4n) is 1.90. The van der Waals surface area contributed by atoms with Crippen molar-refractivity contribution < 1.29 is 14.7 Å². The first kappa shape index (κ1) is 13.6. The van der Waals surface area contributed by atoms with Crippen LogP contribution < -0.4 is 5.32 Å². The summed E-state index contributed by atoms with van der Waals surface area (Å²) in [4.78, 5) is 23.3. The highest BCUT2D eigenvalue weighted by Crippen LogP contribution is 2.42. The van der Waals surface area contributed by atoms with Gasteiger partial charge in [0.05, 0.1) is 10.7 Å². The van der Waals surface area contributed by atoms with Crippen LogP contribution in [0.2, 0.25) is 5.02 Å². The van der Waals surface area contributed by atoms with Gasteiger partial charge in [0.2, 0.25) is 5.91 Å². The van der Waals surface area contributed by atoms with Crippen LogP contribution >= 0.6 is 34.2 Å². The van der Waals surface area contributed by atoms with Crippen LogP contribution in [0.25, 0.3) is 0 Å². The van der Waals surface area contributed by atoms with E-state index in [2.05, 4.69) is 27.9 Å². The van der Waals surface area contributed by atoms with Crippen molar-refractivity contribution in [3.05, 3.63) is 26.8 Å². The summed E-state index contributed by atoms with van der Waals surface area (Å²) in [6, 6.07) is 5.21. The molecule has 0 bridgehead atoms. The molecule has 2 rings (SSSR count). The molecule has 18 heavy (non-hydrogen) atoms. The van der Waals surface area contributed by atoms with Gasteiger partial charge in [0.15, 0.2) is 0 Å². The first-order valence-electron chi connectivity index (χ1n) is 5.45. The number of anilines is 1. The molecule has 1 aromatic rings. The maximum absolute atomic E-state index is 12.1. The number of nitrogens with one attached hydrogen (secondary N) is 1. The molecule has 2 N–H and O–H groups in total. The van der Waals surface area contributed by atoms with Crippen molar-refractivity contribution in [2.24, 2.45) is 5.41 Å². The topological polar surface area (TPSA) is 66.4 Å². The zero-order valence-electron chi connectivity index (χ0n) is 9.37. The molecule has 0 radical (unpaired) electrons. The summed E-state index contributed by atoms with van der Waals surface area (Å²) in [6.07, 6.45) is 1.53. The van der Waals surface area contributed by atoms with E-state index in [4.69, 9.17) is 16.7 Å². The van der Waals surface area contributed by atoms with Crippen molar-refractivity contribution >= 4 is 51.8 Å². The number of aliphatic carboxylic acids is 1. The lowest BCUT2D eigenvalue weighted by atomic mass is 9.68. The largest absolute Gasteiger partial charge is 0.480 e. The minimum Gasteiger partial charge on any atom is -0.480 e. The zero-order valence-corrected chi connectivity index (χ0v) is 12.3. The lowest BCUT2D eigenvalue weighted by Gasteiger charge is -2.35. The van der Waals surface area contributed by atoms with E-state index in [-0.39, 0.29) is 0 Å². The molecule has 6 heteroatoms. The van der Waals surface area contributed by atoms with Crippen LogP contribution in [0.15, 0.2) is 18.2 Å². The second-order valence-electron chi connectivity index (χ2n) is 4.32. The van der Waals surface area contributed by atoms with E-state index < -0.39 is 17.3 Å². The first-order chi connectivity index (χ1) is 8.45. The predicted molar refractivity (Wildman–Crippen MR) is 76.7 cm³/mol. The van der Waals surface area contributed by atoms with Crippen LogP contribution in [0.5, 0.6) is 0 Å². The molecule has 0 atom stereocenters. The van der Waals surface area contributed by atoms with Crippen LogP contribution in [0, 0.1) is 8.99 Å². The summed E-state index contributed by atoms with van der Waals surface area (Å²) >= 11 is 8.07. The Hall–Kier alpha value is -0.820. The van der Waals surface area contributed by atoms with Crippen LogP contribution in [0.4, 0.5) is 5.69 Å². The number of hydrogen-bond acceptors (Lipinski definition) is 2. The predicted octanol–water partition coefficient (Wildman–Crippen LogP) is 3.14. The fourth-order valence-corrected chi connectivity index (χ4v) is 2.56. The van der Waals surface area contributed by atoms with Crippen molar-refractivity contribution in [1.29, 1.82) is 0 Å². The van der Waals surface area contributed by atoms with E-state index >= 15 is 0 Å². The summed E-state index contributed by atoms with van der Waals surface area (Å²) in [5, 5.41) is 12.2. The average molecular weight is 380 g/mol. The highest BCUT2D eigenvalue weighted by molar-refractivity contribution is 14.1. The van der Waals surface area contributed by atoms with Gasteiger partial charge in [0, 0.05) is 3.57 Å². The molecule has 0 aliphatic heterocycles. The van der Waals surface area contributed by atoms with Gasteiger partial charge in [-0.15, -0.1) is 0 Å². The van der Waals surface area contributed by atoms with Crippen molar-refractivity contribution in [2.45, 2.75) is 19.3 Å². The normalized spacial score (nSPS) is 16.8. The molecule has 1 amide bonds. The molecule has 0 spiro atoms. The number of benzene rings is 1. The van der Waals surface area contributed by atoms with E-state index in [0.717, 1.165) is 9.99 Å². The van der Waals surface area contributed by atoms with Crippen molar-refractivity contribution in [1.82, 2.24) is 0 Å². The summed E-state index contributed by atoms with van der Waals surface area (Å²) in [5.41, 5.74) is -0.814. The maximum Gasteiger partial charge on any atom is 0.319 e. The maximum atomic E-state index is 12.1. The van der Waals surface area contributed by atoms with Crippen molar-refractivity contribution in [3.63, 3.8) is 0 Å². The number of carbonyl (C=O) groups is 2. The molecule has 1 fully saturated rings. The van der Waals surface area contributed by atoms with Gasteiger partial charge in [-0.05, 0) is 53.6 Å². The number of amides is 1. The number of halogens is 2. The minimum absolute atomic E-state index is 0.385. The van der Waals surface area contributed by atoms with Crippen LogP contribution in [0.1, 0.15) is 19.3 Å². The van der Waals surface area contributed by atoms with Crippen LogP contribution in [-0.2, 0) is 9.59 Å². The molecule has 96 valence electrons. The van der Waals surface area contributed by atoms with E-state index in [1.54, 1.807) is 12.1 Å². The van der Waals surface area contributed by atoms with E-state index in [1.807, 2.05) is 6.07 Å². The van der Waals surface area contributed by atoms with Gasteiger partial charge in [0.25, 0.3) is 0 Å². The molecule has 0 unspecified atom stereocenters. The second-order valence-corrected chi connectivity index (χ2v) is 5.97. The highest BCUT2D eigenvalue weighted by atomic mass is 127. The molecular formula is C12H11ClINO3. The lowest BCUT2D eigenvalue weighted by molar-refractivity contribution is -0.159. The number of hydrogen-bond donors (Lipinski definition) is 2. The van der Waals surface area contributed by atoms with Gasteiger partial charge in [-0.1, -0.05) is 18.0 Å². The quantitative estimate of drug-likeness (QED) is 0.626. The summed E-state index contributed by atoms with van der Waals surface area (Å²) in [5.74, 6) is -1.54. The molecule has 0 saturated heterocycles. The number of carbonyl (C=O) groups excluding carboxylic acids is 1. The monoisotopic (exact) mass is 379 g/mol. The SMILES string of the molecule is O=C(O)C1(C(=O)Nc2cc(I)ccc2Cl)CCC1. The van der Waals surface area contributed by atoms with Crippen LogP contribution in [0.3, 0.4) is 0 Å². The molecule has 1 aliphatic rings. The molecule has 1 saturated carbocycles. The second kappa shape index (κ2) is 5.05. The Morgan fingerprint density at radius 1 is 1.39 bits per heavy atom. The summed E-state index contributed by atoms with van der Waals surface area (Å²) < 4.78 is 0.922. The lowest BCUT2D eigenvalue weighted by Crippen LogP contribution is -2.48. The van der Waals surface area contributed by atoms with Crippen molar-refractivity contribution in [3.8, 4) is 0 Å². The van der Waals surface area contributed by atoms with Crippen LogP contribution in [-0.4, -0.2) is 17.0 Å². The zero-order chi connectivity index (χ0) is 13.3. The Morgan fingerprint density at radius 3 is 2.56 bits per heavy atom. The molecular weight excluding hydrogens is 368 g/mol. The van der Waals surface area contributed by atoms with Gasteiger partial charge < -0.3 is 10.4 Å². The van der Waals surface area contributed by atoms with Gasteiger partial charge in [-0.2, -0.15) is 0 Å². The highest BCUT2D eigenvalue weighted by Gasteiger charge is 2.51. The van der Waals surface area contributed by atoms with E-state index in [0.29, 0.717) is 23.6 Å². The Labute approximate surface area is 123 Å². The molecule has 0 heterocycles. The number of carboxylic acids is 1. The van der Waals surface area contributed by atoms with Gasteiger partial charge in [-0.3, -0.25) is 9.59 Å². The molecule has 1 aromatic carbocycles. The molecule has 0 aromatic heterocycles. The van der Waals surface area contributed by atoms with E-state index in [9.17, 15) is 9.59 Å². The number of carboxylic acid groups (broad SMARTS) is 1. The van der Waals surface area contributed by atoms with Gasteiger partial charge >= 0.3 is 5.97 Å². The molecule has 4 nitrogen and oxygen atoms in total. The third-order valence-corrected chi connectivity index (χ3v) is 4.23. The third kappa shape index (κ3) is 2.33. The summed E-state index contributed by atoms with van der Waals surface area (Å²) in [7, 11) is 0. The molecule has 1 aliphatic carbocycles. The smallest absolute Gasteiger partial charge is 0.319 e. The third-order valence-electron chi connectivity index (χ3n) is 3.23. The standard InChI is InChI=1S/C12H11ClINO3/c13-8-3-2-7(14)6-9(8)15-10(16)12(11(17)18)4-1-5-12/h2-3,6H,1,4-5H2,(H,15,16)(H,17,18). The first-order valence-corrected chi connectivity index (χ1v) is 6.91.